The second-order valence-electron chi connectivity index (χ2n) is 5.99. The molecule has 3 aromatic carbocycles. The zero-order chi connectivity index (χ0) is 18.7. The number of hydrogen-bond donors (Lipinski definition) is 0. The summed E-state index contributed by atoms with van der Waals surface area (Å²) in [6, 6.07) is 31.2. The van der Waals surface area contributed by atoms with Crippen molar-refractivity contribution in [2.75, 3.05) is 0 Å². The molecule has 0 amide bonds. The van der Waals surface area contributed by atoms with Crippen LogP contribution >= 0.6 is 23.5 Å². The lowest BCUT2D eigenvalue weighted by atomic mass is 10.2. The van der Waals surface area contributed by atoms with E-state index in [1.54, 1.807) is 23.5 Å². The van der Waals surface area contributed by atoms with Crippen molar-refractivity contribution in [2.24, 2.45) is 4.99 Å². The first-order chi connectivity index (χ1) is 13.3. The van der Waals surface area contributed by atoms with Gasteiger partial charge in [0.2, 0.25) is 0 Å². The van der Waals surface area contributed by atoms with Gasteiger partial charge >= 0.3 is 0 Å². The van der Waals surface area contributed by atoms with E-state index in [0.29, 0.717) is 0 Å². The number of thioether (sulfide) groups is 2. The van der Waals surface area contributed by atoms with Crippen LogP contribution in [0.1, 0.15) is 19.8 Å². The van der Waals surface area contributed by atoms with E-state index in [1.165, 1.54) is 15.4 Å². The molecule has 136 valence electrons. The average molecular weight is 390 g/mol. The van der Waals surface area contributed by atoms with E-state index in [0.717, 1.165) is 23.6 Å². The predicted octanol–water partition coefficient (Wildman–Crippen LogP) is 7.99. The first-order valence-corrected chi connectivity index (χ1v) is 10.8. The third-order valence-electron chi connectivity index (χ3n) is 3.82. The van der Waals surface area contributed by atoms with Crippen molar-refractivity contribution in [3.8, 4) is 0 Å². The minimum Gasteiger partial charge on any atom is -0.241 e. The molecule has 3 rings (SSSR count). The SMILES string of the molecule is CCCC(=CSc1ccccc1)C(=Nc1ccccc1)Sc1ccccc1. The lowest BCUT2D eigenvalue weighted by molar-refractivity contribution is 0.940. The van der Waals surface area contributed by atoms with E-state index in [9.17, 15) is 0 Å². The zero-order valence-electron chi connectivity index (χ0n) is 15.4. The third kappa shape index (κ3) is 6.46. The summed E-state index contributed by atoms with van der Waals surface area (Å²) < 4.78 is 0. The van der Waals surface area contributed by atoms with Crippen LogP contribution in [0.4, 0.5) is 5.69 Å². The number of hydrogen-bond acceptors (Lipinski definition) is 3. The van der Waals surface area contributed by atoms with E-state index in [4.69, 9.17) is 4.99 Å². The van der Waals surface area contributed by atoms with E-state index >= 15 is 0 Å². The average Bonchev–Trinajstić information content (AvgIpc) is 2.73. The lowest BCUT2D eigenvalue weighted by Crippen LogP contribution is -1.98. The number of rotatable bonds is 7. The van der Waals surface area contributed by atoms with Crippen LogP contribution < -0.4 is 0 Å². The zero-order valence-corrected chi connectivity index (χ0v) is 17.0. The summed E-state index contributed by atoms with van der Waals surface area (Å²) in [7, 11) is 0. The first-order valence-electron chi connectivity index (χ1n) is 9.13. The van der Waals surface area contributed by atoms with Gasteiger partial charge in [-0.1, -0.05) is 91.5 Å². The van der Waals surface area contributed by atoms with Crippen molar-refractivity contribution >= 4 is 34.3 Å². The second-order valence-corrected chi connectivity index (χ2v) is 8.00. The molecule has 3 heteroatoms. The van der Waals surface area contributed by atoms with E-state index in [2.05, 4.69) is 73.0 Å². The molecular weight excluding hydrogens is 366 g/mol. The van der Waals surface area contributed by atoms with E-state index < -0.39 is 0 Å². The predicted molar refractivity (Wildman–Crippen MR) is 121 cm³/mol. The number of nitrogens with zero attached hydrogens (tertiary/aromatic N) is 1. The van der Waals surface area contributed by atoms with Crippen LogP contribution in [0.3, 0.4) is 0 Å². The molecule has 0 radical (unpaired) electrons. The fourth-order valence-corrected chi connectivity index (χ4v) is 4.36. The molecule has 0 atom stereocenters. The summed E-state index contributed by atoms with van der Waals surface area (Å²) in [6.45, 7) is 2.22. The minimum absolute atomic E-state index is 0.989. The van der Waals surface area contributed by atoms with Crippen molar-refractivity contribution in [3.63, 3.8) is 0 Å². The Hall–Kier alpha value is -2.23. The van der Waals surface area contributed by atoms with Gasteiger partial charge in [-0.3, -0.25) is 0 Å². The van der Waals surface area contributed by atoms with Gasteiger partial charge < -0.3 is 0 Å². The number of aliphatic imine (C=N–C) groups is 1. The highest BCUT2D eigenvalue weighted by atomic mass is 32.2. The Morgan fingerprint density at radius 1 is 0.778 bits per heavy atom. The molecule has 0 fully saturated rings. The minimum atomic E-state index is 0.989. The molecule has 0 heterocycles. The van der Waals surface area contributed by atoms with Crippen LogP contribution in [0.2, 0.25) is 0 Å². The summed E-state index contributed by atoms with van der Waals surface area (Å²) in [6.07, 6.45) is 2.09. The highest BCUT2D eigenvalue weighted by molar-refractivity contribution is 8.14. The molecule has 0 bridgehead atoms. The quantitative estimate of drug-likeness (QED) is 0.231. The van der Waals surface area contributed by atoms with Gasteiger partial charge in [-0.2, -0.15) is 0 Å². The third-order valence-corrected chi connectivity index (χ3v) is 5.82. The molecule has 0 saturated heterocycles. The fraction of sp³-hybridized carbons (Fsp3) is 0.125. The Kier molecular flexibility index (Phi) is 7.82. The maximum absolute atomic E-state index is 4.98. The smallest absolute Gasteiger partial charge is 0.105 e. The van der Waals surface area contributed by atoms with Crippen molar-refractivity contribution in [2.45, 2.75) is 29.6 Å². The molecule has 3 aromatic rings. The maximum atomic E-state index is 4.98. The van der Waals surface area contributed by atoms with Crippen LogP contribution in [0, 0.1) is 0 Å². The van der Waals surface area contributed by atoms with Gasteiger partial charge in [0.05, 0.1) is 5.69 Å². The first kappa shape index (κ1) is 19.5. The largest absolute Gasteiger partial charge is 0.241 e. The van der Waals surface area contributed by atoms with Crippen molar-refractivity contribution < 1.29 is 0 Å². The fourth-order valence-electron chi connectivity index (χ4n) is 2.50. The van der Waals surface area contributed by atoms with Crippen LogP contribution in [0.15, 0.2) is 117 Å². The molecule has 0 N–H and O–H groups in total. The molecule has 27 heavy (non-hydrogen) atoms. The van der Waals surface area contributed by atoms with E-state index in [1.807, 2.05) is 30.3 Å². The van der Waals surface area contributed by atoms with E-state index in [-0.39, 0.29) is 0 Å². The van der Waals surface area contributed by atoms with Crippen LogP contribution in [-0.2, 0) is 0 Å². The summed E-state index contributed by atoms with van der Waals surface area (Å²) >= 11 is 3.50. The molecule has 1 nitrogen and oxygen atoms in total. The second kappa shape index (κ2) is 10.8. The van der Waals surface area contributed by atoms with Gasteiger partial charge in [0.1, 0.15) is 5.04 Å². The molecule has 0 saturated carbocycles. The van der Waals surface area contributed by atoms with Gasteiger partial charge in [0.25, 0.3) is 0 Å². The van der Waals surface area contributed by atoms with Gasteiger partial charge in [-0.05, 0) is 53.8 Å². The van der Waals surface area contributed by atoms with Crippen LogP contribution in [0.25, 0.3) is 0 Å². The molecule has 0 spiro atoms. The summed E-state index contributed by atoms with van der Waals surface area (Å²) in [5.41, 5.74) is 2.27. The standard InChI is InChI=1S/C24H23NS2/c1-2-12-20(19-26-22-15-8-4-9-16-22)24(25-21-13-6-3-7-14-21)27-23-17-10-5-11-18-23/h3-11,13-19H,2,12H2,1H3. The van der Waals surface area contributed by atoms with Crippen molar-refractivity contribution in [3.05, 3.63) is 102 Å². The van der Waals surface area contributed by atoms with Crippen molar-refractivity contribution in [1.29, 1.82) is 0 Å². The number of benzene rings is 3. The molecule has 0 aromatic heterocycles. The normalized spacial score (nSPS) is 12.2. The highest BCUT2D eigenvalue weighted by Gasteiger charge is 2.10. The van der Waals surface area contributed by atoms with Crippen LogP contribution in [-0.4, -0.2) is 5.04 Å². The monoisotopic (exact) mass is 389 g/mol. The van der Waals surface area contributed by atoms with Gasteiger partial charge in [-0.15, -0.1) is 0 Å². The Labute approximate surface area is 170 Å². The molecule has 0 aliphatic rings. The summed E-state index contributed by atoms with van der Waals surface area (Å²) in [5, 5.41) is 3.33. The topological polar surface area (TPSA) is 12.4 Å². The summed E-state index contributed by atoms with van der Waals surface area (Å²) in [4.78, 5) is 7.44. The summed E-state index contributed by atoms with van der Waals surface area (Å²) in [5.74, 6) is 0. The Balaban J connectivity index is 1.93. The highest BCUT2D eigenvalue weighted by Crippen LogP contribution is 2.31. The van der Waals surface area contributed by atoms with Gasteiger partial charge in [-0.25, -0.2) is 4.99 Å². The Bertz CT molecular complexity index is 872. The number of para-hydroxylation sites is 1. The van der Waals surface area contributed by atoms with Crippen LogP contribution in [0.5, 0.6) is 0 Å². The van der Waals surface area contributed by atoms with Crippen molar-refractivity contribution in [1.82, 2.24) is 0 Å². The molecule has 0 unspecified atom stereocenters. The molecule has 0 aliphatic carbocycles. The maximum Gasteiger partial charge on any atom is 0.105 e. The Morgan fingerprint density at radius 2 is 1.33 bits per heavy atom. The van der Waals surface area contributed by atoms with Gasteiger partial charge in [0, 0.05) is 9.79 Å². The molecule has 0 aliphatic heterocycles. The molecular formula is C24H23NS2. The lowest BCUT2D eigenvalue weighted by Gasteiger charge is -2.11. The van der Waals surface area contributed by atoms with Gasteiger partial charge in [0.15, 0.2) is 0 Å². The Morgan fingerprint density at radius 3 is 1.93 bits per heavy atom.